The van der Waals surface area contributed by atoms with Gasteiger partial charge in [0.2, 0.25) is 0 Å². The summed E-state index contributed by atoms with van der Waals surface area (Å²) in [4.78, 5) is 24.5. The molecular formula is C23H23N5O. The summed E-state index contributed by atoms with van der Waals surface area (Å²) in [7, 11) is 0. The second-order valence-electron chi connectivity index (χ2n) is 7.04. The van der Waals surface area contributed by atoms with E-state index in [-0.39, 0.29) is 5.91 Å². The lowest BCUT2D eigenvalue weighted by molar-refractivity contribution is 0.0949. The lowest BCUT2D eigenvalue weighted by Crippen LogP contribution is -2.27. The van der Waals surface area contributed by atoms with Crippen molar-refractivity contribution in [3.05, 3.63) is 83.4 Å². The van der Waals surface area contributed by atoms with Crippen LogP contribution in [-0.2, 0) is 6.42 Å². The highest BCUT2D eigenvalue weighted by molar-refractivity contribution is 5.93. The van der Waals surface area contributed by atoms with E-state index < -0.39 is 0 Å². The van der Waals surface area contributed by atoms with E-state index in [9.17, 15) is 4.79 Å². The van der Waals surface area contributed by atoms with Crippen molar-refractivity contribution in [3.8, 4) is 0 Å². The monoisotopic (exact) mass is 385 g/mol. The van der Waals surface area contributed by atoms with Gasteiger partial charge in [-0.2, -0.15) is 0 Å². The number of benzene rings is 2. The van der Waals surface area contributed by atoms with Gasteiger partial charge in [0.05, 0.1) is 0 Å². The van der Waals surface area contributed by atoms with Gasteiger partial charge in [0.15, 0.2) is 0 Å². The van der Waals surface area contributed by atoms with Crippen molar-refractivity contribution in [1.82, 2.24) is 20.3 Å². The number of hydrogen-bond donors (Lipinski definition) is 3. The number of hydrogen-bond acceptors (Lipinski definition) is 4. The molecule has 2 aromatic carbocycles. The number of anilines is 2. The Morgan fingerprint density at radius 2 is 1.83 bits per heavy atom. The zero-order valence-electron chi connectivity index (χ0n) is 16.5. The van der Waals surface area contributed by atoms with Crippen LogP contribution in [0.1, 0.15) is 27.4 Å². The van der Waals surface area contributed by atoms with E-state index in [1.165, 1.54) is 16.5 Å². The van der Waals surface area contributed by atoms with Gasteiger partial charge in [0, 0.05) is 35.4 Å². The molecule has 0 aliphatic rings. The van der Waals surface area contributed by atoms with Gasteiger partial charge in [0.25, 0.3) is 5.91 Å². The Kier molecular flexibility index (Phi) is 5.24. The number of fused-ring (bicyclic) bond motifs is 1. The van der Waals surface area contributed by atoms with Gasteiger partial charge in [-0.3, -0.25) is 4.79 Å². The molecule has 0 aliphatic heterocycles. The number of carbonyl (C=O) groups excluding carboxylic acids is 1. The third-order valence-electron chi connectivity index (χ3n) is 4.75. The topological polar surface area (TPSA) is 82.7 Å². The molecule has 2 heterocycles. The first kappa shape index (κ1) is 18.7. The van der Waals surface area contributed by atoms with Crippen LogP contribution in [0.5, 0.6) is 0 Å². The van der Waals surface area contributed by atoms with E-state index in [4.69, 9.17) is 0 Å². The van der Waals surface area contributed by atoms with Crippen molar-refractivity contribution in [2.24, 2.45) is 0 Å². The average Bonchev–Trinajstić information content (AvgIpc) is 3.12. The molecule has 6 nitrogen and oxygen atoms in total. The Bertz CT molecular complexity index is 1150. The summed E-state index contributed by atoms with van der Waals surface area (Å²) in [5.41, 5.74) is 4.74. The first-order chi connectivity index (χ1) is 14.1. The molecule has 0 aliphatic carbocycles. The number of aromatic nitrogens is 3. The molecule has 0 spiro atoms. The molecule has 4 aromatic rings. The lowest BCUT2D eigenvalue weighted by Gasteiger charge is -2.09. The minimum Gasteiger partial charge on any atom is -0.361 e. The van der Waals surface area contributed by atoms with Crippen LogP contribution in [0, 0.1) is 13.8 Å². The highest BCUT2D eigenvalue weighted by Crippen LogP contribution is 2.18. The number of rotatable bonds is 6. The third-order valence-corrected chi connectivity index (χ3v) is 4.75. The lowest BCUT2D eigenvalue weighted by atomic mass is 10.1. The van der Waals surface area contributed by atoms with Crippen LogP contribution in [0.2, 0.25) is 0 Å². The number of H-pyrrole nitrogens is 1. The van der Waals surface area contributed by atoms with Gasteiger partial charge in [0.1, 0.15) is 17.3 Å². The highest BCUT2D eigenvalue weighted by Gasteiger charge is 2.11. The van der Waals surface area contributed by atoms with Crippen LogP contribution in [0.4, 0.5) is 11.5 Å². The third kappa shape index (κ3) is 4.43. The molecule has 2 aromatic heterocycles. The van der Waals surface area contributed by atoms with Crippen LogP contribution >= 0.6 is 0 Å². The highest BCUT2D eigenvalue weighted by atomic mass is 16.1. The quantitative estimate of drug-likeness (QED) is 0.462. The molecule has 0 saturated heterocycles. The van der Waals surface area contributed by atoms with Gasteiger partial charge in [-0.25, -0.2) is 9.97 Å². The van der Waals surface area contributed by atoms with E-state index in [1.54, 1.807) is 13.0 Å². The van der Waals surface area contributed by atoms with Gasteiger partial charge in [-0.05, 0) is 44.0 Å². The number of aromatic amines is 1. The molecule has 0 saturated carbocycles. The van der Waals surface area contributed by atoms with Crippen molar-refractivity contribution in [2.75, 3.05) is 11.9 Å². The Balaban J connectivity index is 1.41. The number of para-hydroxylation sites is 1. The zero-order valence-corrected chi connectivity index (χ0v) is 16.5. The number of carbonyl (C=O) groups is 1. The summed E-state index contributed by atoms with van der Waals surface area (Å²) >= 11 is 0. The van der Waals surface area contributed by atoms with Gasteiger partial charge < -0.3 is 15.6 Å². The fourth-order valence-electron chi connectivity index (χ4n) is 3.27. The summed E-state index contributed by atoms with van der Waals surface area (Å²) < 4.78 is 0. The van der Waals surface area contributed by atoms with Crippen LogP contribution in [-0.4, -0.2) is 27.4 Å². The molecule has 29 heavy (non-hydrogen) atoms. The summed E-state index contributed by atoms with van der Waals surface area (Å²) in [5, 5.41) is 7.37. The molecule has 0 bridgehead atoms. The van der Waals surface area contributed by atoms with E-state index in [0.717, 1.165) is 17.6 Å². The number of aryl methyl sites for hydroxylation is 2. The standard InChI is InChI=1S/C23H23N5O/c1-15-7-9-18(10-8-15)28-22-13-21(26-16(2)27-22)23(29)24-12-11-17-14-25-20-6-4-3-5-19(17)20/h3-10,13-14,25H,11-12H2,1-2H3,(H,24,29)(H,26,27,28). The van der Waals surface area contributed by atoms with Crippen molar-refractivity contribution in [2.45, 2.75) is 20.3 Å². The SMILES string of the molecule is Cc1ccc(Nc2cc(C(=O)NCCc3c[nH]c4ccccc34)nc(C)n2)cc1. The maximum atomic E-state index is 12.6. The Morgan fingerprint density at radius 1 is 1.03 bits per heavy atom. The summed E-state index contributed by atoms with van der Waals surface area (Å²) in [6.45, 7) is 4.35. The first-order valence-corrected chi connectivity index (χ1v) is 9.61. The predicted molar refractivity (Wildman–Crippen MR) is 116 cm³/mol. The minimum atomic E-state index is -0.206. The van der Waals surface area contributed by atoms with Crippen molar-refractivity contribution < 1.29 is 4.79 Å². The Hall–Kier alpha value is -3.67. The van der Waals surface area contributed by atoms with Crippen LogP contribution in [0.15, 0.2) is 60.8 Å². The van der Waals surface area contributed by atoms with Crippen molar-refractivity contribution in [1.29, 1.82) is 0 Å². The molecule has 3 N–H and O–H groups in total. The second kappa shape index (κ2) is 8.14. The van der Waals surface area contributed by atoms with Crippen molar-refractivity contribution in [3.63, 3.8) is 0 Å². The average molecular weight is 385 g/mol. The zero-order chi connectivity index (χ0) is 20.2. The van der Waals surface area contributed by atoms with Crippen molar-refractivity contribution >= 4 is 28.3 Å². The minimum absolute atomic E-state index is 0.206. The van der Waals surface area contributed by atoms with Gasteiger partial charge >= 0.3 is 0 Å². The van der Waals surface area contributed by atoms with Gasteiger partial charge in [-0.1, -0.05) is 35.9 Å². The molecule has 0 radical (unpaired) electrons. The number of nitrogens with one attached hydrogen (secondary N) is 3. The molecule has 0 unspecified atom stereocenters. The first-order valence-electron chi connectivity index (χ1n) is 9.61. The van der Waals surface area contributed by atoms with Crippen LogP contribution in [0.3, 0.4) is 0 Å². The molecule has 0 atom stereocenters. The smallest absolute Gasteiger partial charge is 0.270 e. The van der Waals surface area contributed by atoms with Crippen LogP contribution in [0.25, 0.3) is 10.9 Å². The van der Waals surface area contributed by atoms with Gasteiger partial charge in [-0.15, -0.1) is 0 Å². The molecule has 0 fully saturated rings. The Morgan fingerprint density at radius 3 is 2.66 bits per heavy atom. The van der Waals surface area contributed by atoms with E-state index in [2.05, 4.69) is 31.7 Å². The molecule has 6 heteroatoms. The molecule has 146 valence electrons. The molecule has 1 amide bonds. The summed E-state index contributed by atoms with van der Waals surface area (Å²) in [6, 6.07) is 17.8. The predicted octanol–water partition coefficient (Wildman–Crippen LogP) is 4.29. The normalized spacial score (nSPS) is 10.8. The number of nitrogens with zero attached hydrogens (tertiary/aromatic N) is 2. The van der Waals surface area contributed by atoms with E-state index in [1.807, 2.05) is 55.6 Å². The molecular weight excluding hydrogens is 362 g/mol. The summed E-state index contributed by atoms with van der Waals surface area (Å²) in [6.07, 6.45) is 2.74. The van der Waals surface area contributed by atoms with E-state index in [0.29, 0.717) is 23.9 Å². The Labute approximate surface area is 169 Å². The summed E-state index contributed by atoms with van der Waals surface area (Å²) in [5.74, 6) is 0.939. The van der Waals surface area contributed by atoms with E-state index >= 15 is 0 Å². The number of amides is 1. The largest absolute Gasteiger partial charge is 0.361 e. The molecule has 4 rings (SSSR count). The second-order valence-corrected chi connectivity index (χ2v) is 7.04. The maximum absolute atomic E-state index is 12.6. The maximum Gasteiger partial charge on any atom is 0.270 e. The van der Waals surface area contributed by atoms with Crippen LogP contribution < -0.4 is 10.6 Å². The fraction of sp³-hybridized carbons (Fsp3) is 0.174. The fourth-order valence-corrected chi connectivity index (χ4v) is 3.27.